The summed E-state index contributed by atoms with van der Waals surface area (Å²) >= 11 is 0. The zero-order valence-electron chi connectivity index (χ0n) is 14.2. The standard InChI is InChI=1S/C15H17F3N6O2/c1-8-5-10(21-14(19-8)15(16,17)18)13(25)20-9-3-4-12-22-11(7-26-2)23-24(12)6-9/h5,9H,3-4,6-7H2,1-2H3,(H,20,25). The first-order chi connectivity index (χ1) is 12.3. The topological polar surface area (TPSA) is 94.8 Å². The Bertz CT molecular complexity index is 820. The highest BCUT2D eigenvalue weighted by atomic mass is 19.4. The summed E-state index contributed by atoms with van der Waals surface area (Å²) in [6.45, 7) is 2.05. The number of hydrogen-bond acceptors (Lipinski definition) is 6. The number of nitrogens with one attached hydrogen (secondary N) is 1. The van der Waals surface area contributed by atoms with Crippen molar-refractivity contribution in [2.75, 3.05) is 7.11 Å². The van der Waals surface area contributed by atoms with Crippen LogP contribution in [-0.2, 0) is 30.5 Å². The lowest BCUT2D eigenvalue weighted by Gasteiger charge is -2.23. The van der Waals surface area contributed by atoms with E-state index in [1.807, 2.05) is 0 Å². The van der Waals surface area contributed by atoms with Crippen LogP contribution in [0.1, 0.15) is 40.1 Å². The van der Waals surface area contributed by atoms with E-state index in [0.717, 1.165) is 5.82 Å². The number of amides is 1. The number of alkyl halides is 3. The van der Waals surface area contributed by atoms with Gasteiger partial charge in [-0.3, -0.25) is 4.79 Å². The molecule has 0 bridgehead atoms. The first-order valence-corrected chi connectivity index (χ1v) is 7.91. The molecule has 1 unspecified atom stereocenters. The molecule has 140 valence electrons. The van der Waals surface area contributed by atoms with Gasteiger partial charge in [0, 0.05) is 25.3 Å². The molecule has 1 aliphatic rings. The molecule has 1 aliphatic heterocycles. The van der Waals surface area contributed by atoms with Crippen molar-refractivity contribution in [2.24, 2.45) is 0 Å². The molecular formula is C15H17F3N6O2. The lowest BCUT2D eigenvalue weighted by Crippen LogP contribution is -2.41. The molecule has 0 fully saturated rings. The minimum absolute atomic E-state index is 0.0730. The van der Waals surface area contributed by atoms with Crippen LogP contribution in [0.15, 0.2) is 6.07 Å². The van der Waals surface area contributed by atoms with Crippen LogP contribution in [0.25, 0.3) is 0 Å². The molecule has 0 radical (unpaired) electrons. The quantitative estimate of drug-likeness (QED) is 0.871. The summed E-state index contributed by atoms with van der Waals surface area (Å²) in [6, 6.07) is 0.946. The molecule has 26 heavy (non-hydrogen) atoms. The molecule has 3 heterocycles. The number of nitrogens with zero attached hydrogens (tertiary/aromatic N) is 5. The Morgan fingerprint density at radius 1 is 1.38 bits per heavy atom. The van der Waals surface area contributed by atoms with E-state index in [1.165, 1.54) is 13.0 Å². The average Bonchev–Trinajstić information content (AvgIpc) is 2.95. The molecule has 0 spiro atoms. The highest BCUT2D eigenvalue weighted by Gasteiger charge is 2.36. The van der Waals surface area contributed by atoms with Crippen LogP contribution < -0.4 is 5.32 Å². The van der Waals surface area contributed by atoms with E-state index in [-0.39, 0.29) is 24.0 Å². The van der Waals surface area contributed by atoms with E-state index in [0.29, 0.717) is 25.2 Å². The fraction of sp³-hybridized carbons (Fsp3) is 0.533. The molecule has 3 rings (SSSR count). The minimum Gasteiger partial charge on any atom is -0.377 e. The summed E-state index contributed by atoms with van der Waals surface area (Å²) in [5.41, 5.74) is -0.238. The van der Waals surface area contributed by atoms with Crippen LogP contribution in [-0.4, -0.2) is 43.8 Å². The fourth-order valence-corrected chi connectivity index (χ4v) is 2.74. The predicted octanol–water partition coefficient (Wildman–Crippen LogP) is 1.29. The lowest BCUT2D eigenvalue weighted by atomic mass is 10.1. The highest BCUT2D eigenvalue weighted by molar-refractivity contribution is 5.92. The Hall–Kier alpha value is -2.56. The number of halogens is 3. The number of hydrogen-bond donors (Lipinski definition) is 1. The number of carbonyl (C=O) groups is 1. The molecule has 0 saturated carbocycles. The Morgan fingerprint density at radius 3 is 2.85 bits per heavy atom. The largest absolute Gasteiger partial charge is 0.451 e. The van der Waals surface area contributed by atoms with Crippen molar-refractivity contribution in [3.05, 3.63) is 34.9 Å². The van der Waals surface area contributed by atoms with Gasteiger partial charge >= 0.3 is 6.18 Å². The zero-order chi connectivity index (χ0) is 18.9. The number of fused-ring (bicyclic) bond motifs is 1. The molecule has 2 aromatic heterocycles. The van der Waals surface area contributed by atoms with Gasteiger partial charge in [-0.05, 0) is 19.4 Å². The summed E-state index contributed by atoms with van der Waals surface area (Å²) in [6.07, 6.45) is -3.51. The minimum atomic E-state index is -4.71. The molecular weight excluding hydrogens is 353 g/mol. The second kappa shape index (κ2) is 6.98. The van der Waals surface area contributed by atoms with Gasteiger partial charge in [0.1, 0.15) is 18.1 Å². The van der Waals surface area contributed by atoms with E-state index in [9.17, 15) is 18.0 Å². The number of carbonyl (C=O) groups excluding carboxylic acids is 1. The van der Waals surface area contributed by atoms with Crippen LogP contribution in [0, 0.1) is 6.92 Å². The smallest absolute Gasteiger partial charge is 0.377 e. The second-order valence-corrected chi connectivity index (χ2v) is 5.98. The number of rotatable bonds is 4. The van der Waals surface area contributed by atoms with E-state index in [4.69, 9.17) is 4.74 Å². The number of aromatic nitrogens is 5. The monoisotopic (exact) mass is 370 g/mol. The first-order valence-electron chi connectivity index (χ1n) is 7.91. The number of ether oxygens (including phenoxy) is 1. The second-order valence-electron chi connectivity index (χ2n) is 5.98. The molecule has 0 aliphatic carbocycles. The summed E-state index contributed by atoms with van der Waals surface area (Å²) in [4.78, 5) is 23.3. The maximum atomic E-state index is 12.8. The van der Waals surface area contributed by atoms with Gasteiger partial charge in [0.15, 0.2) is 5.82 Å². The maximum absolute atomic E-state index is 12.8. The predicted molar refractivity (Wildman–Crippen MR) is 82.1 cm³/mol. The van der Waals surface area contributed by atoms with Crippen molar-refractivity contribution < 1.29 is 22.7 Å². The Balaban J connectivity index is 1.71. The number of aryl methyl sites for hydroxylation is 2. The van der Waals surface area contributed by atoms with E-state index >= 15 is 0 Å². The molecule has 1 amide bonds. The zero-order valence-corrected chi connectivity index (χ0v) is 14.2. The Kier molecular flexibility index (Phi) is 4.90. The van der Waals surface area contributed by atoms with Crippen LogP contribution in [0.3, 0.4) is 0 Å². The summed E-state index contributed by atoms with van der Waals surface area (Å²) in [5, 5.41) is 6.99. The van der Waals surface area contributed by atoms with Crippen molar-refractivity contribution in [3.63, 3.8) is 0 Å². The molecule has 11 heteroatoms. The SMILES string of the molecule is COCc1nc2n(n1)CC(NC(=O)c1cc(C)nc(C(F)(F)F)n1)CC2. The molecule has 0 aromatic carbocycles. The molecule has 1 N–H and O–H groups in total. The van der Waals surface area contributed by atoms with Gasteiger partial charge in [-0.2, -0.15) is 18.3 Å². The van der Waals surface area contributed by atoms with E-state index in [2.05, 4.69) is 25.4 Å². The first kappa shape index (κ1) is 18.2. The van der Waals surface area contributed by atoms with Crippen LogP contribution >= 0.6 is 0 Å². The third-order valence-electron chi connectivity index (χ3n) is 3.85. The van der Waals surface area contributed by atoms with Crippen molar-refractivity contribution in [1.82, 2.24) is 30.0 Å². The van der Waals surface area contributed by atoms with Gasteiger partial charge in [0.2, 0.25) is 5.82 Å². The van der Waals surface area contributed by atoms with Gasteiger partial charge in [-0.25, -0.2) is 19.6 Å². The lowest BCUT2D eigenvalue weighted by molar-refractivity contribution is -0.145. The molecule has 0 saturated heterocycles. The Labute approximate surface area is 146 Å². The van der Waals surface area contributed by atoms with E-state index < -0.39 is 17.9 Å². The van der Waals surface area contributed by atoms with Crippen molar-refractivity contribution in [1.29, 1.82) is 0 Å². The maximum Gasteiger partial charge on any atom is 0.451 e. The van der Waals surface area contributed by atoms with Gasteiger partial charge in [-0.1, -0.05) is 0 Å². The average molecular weight is 370 g/mol. The van der Waals surface area contributed by atoms with Gasteiger partial charge in [-0.15, -0.1) is 0 Å². The van der Waals surface area contributed by atoms with Gasteiger partial charge in [0.05, 0.1) is 6.54 Å². The molecule has 2 aromatic rings. The summed E-state index contributed by atoms with van der Waals surface area (Å²) < 4.78 is 45.1. The van der Waals surface area contributed by atoms with Crippen LogP contribution in [0.5, 0.6) is 0 Å². The fourth-order valence-electron chi connectivity index (χ4n) is 2.74. The van der Waals surface area contributed by atoms with E-state index in [1.54, 1.807) is 11.8 Å². The van der Waals surface area contributed by atoms with Gasteiger partial charge in [0.25, 0.3) is 5.91 Å². The third-order valence-corrected chi connectivity index (χ3v) is 3.85. The van der Waals surface area contributed by atoms with Crippen LogP contribution in [0.2, 0.25) is 0 Å². The number of methoxy groups -OCH3 is 1. The van der Waals surface area contributed by atoms with Gasteiger partial charge < -0.3 is 10.1 Å². The summed E-state index contributed by atoms with van der Waals surface area (Å²) in [7, 11) is 1.54. The molecule has 1 atom stereocenters. The molecule has 8 nitrogen and oxygen atoms in total. The Morgan fingerprint density at radius 2 is 2.15 bits per heavy atom. The summed E-state index contributed by atoms with van der Waals surface area (Å²) in [5.74, 6) is -0.656. The van der Waals surface area contributed by atoms with Crippen molar-refractivity contribution >= 4 is 5.91 Å². The third kappa shape index (κ3) is 3.98. The van der Waals surface area contributed by atoms with Crippen molar-refractivity contribution in [3.8, 4) is 0 Å². The highest BCUT2D eigenvalue weighted by Crippen LogP contribution is 2.26. The normalized spacial score (nSPS) is 17.0. The van der Waals surface area contributed by atoms with Crippen molar-refractivity contribution in [2.45, 2.75) is 45.1 Å². The van der Waals surface area contributed by atoms with Crippen LogP contribution in [0.4, 0.5) is 13.2 Å².